The van der Waals surface area contributed by atoms with Gasteiger partial charge in [-0.25, -0.2) is 25.9 Å². The number of hydrogen-bond donors (Lipinski definition) is 2. The van der Waals surface area contributed by atoms with Crippen LogP contribution in [0, 0.1) is 6.92 Å². The van der Waals surface area contributed by atoms with Crippen molar-refractivity contribution in [2.75, 3.05) is 14.1 Å². The van der Waals surface area contributed by atoms with Crippen molar-refractivity contribution < 1.29 is 21.6 Å². The third-order valence-electron chi connectivity index (χ3n) is 4.83. The van der Waals surface area contributed by atoms with Crippen LogP contribution in [0.2, 0.25) is 0 Å². The molecule has 162 valence electrons. The lowest BCUT2D eigenvalue weighted by molar-refractivity contribution is 0.0949. The highest BCUT2D eigenvalue weighted by Gasteiger charge is 2.28. The summed E-state index contributed by atoms with van der Waals surface area (Å²) >= 11 is 0. The van der Waals surface area contributed by atoms with Crippen molar-refractivity contribution >= 4 is 26.0 Å². The van der Waals surface area contributed by atoms with Gasteiger partial charge in [0.25, 0.3) is 5.91 Å². The van der Waals surface area contributed by atoms with E-state index in [4.69, 9.17) is 0 Å². The first-order chi connectivity index (χ1) is 14.0. The monoisotopic (exact) mass is 451 g/mol. The summed E-state index contributed by atoms with van der Waals surface area (Å²) in [6, 6.07) is 10.8. The van der Waals surface area contributed by atoms with Gasteiger partial charge in [-0.1, -0.05) is 24.3 Å². The number of rotatable bonds is 8. The van der Waals surface area contributed by atoms with Gasteiger partial charge in [-0.15, -0.1) is 0 Å². The van der Waals surface area contributed by atoms with E-state index >= 15 is 0 Å². The molecule has 1 fully saturated rings. The van der Waals surface area contributed by atoms with E-state index in [1.165, 1.54) is 32.3 Å². The highest BCUT2D eigenvalue weighted by Crippen LogP contribution is 2.23. The summed E-state index contributed by atoms with van der Waals surface area (Å²) in [7, 11) is -4.47. The molecule has 0 spiro atoms. The molecule has 1 amide bonds. The average molecular weight is 452 g/mol. The van der Waals surface area contributed by atoms with Gasteiger partial charge in [0.2, 0.25) is 20.0 Å². The number of hydrogen-bond acceptors (Lipinski definition) is 5. The molecule has 0 heterocycles. The van der Waals surface area contributed by atoms with E-state index in [0.717, 1.165) is 17.1 Å². The van der Waals surface area contributed by atoms with Crippen LogP contribution in [0.15, 0.2) is 52.3 Å². The first-order valence-corrected chi connectivity index (χ1v) is 12.4. The zero-order valence-electron chi connectivity index (χ0n) is 17.0. The molecule has 0 radical (unpaired) electrons. The van der Waals surface area contributed by atoms with Crippen molar-refractivity contribution in [3.63, 3.8) is 0 Å². The molecule has 2 aromatic carbocycles. The predicted molar refractivity (Wildman–Crippen MR) is 113 cm³/mol. The molecule has 0 aromatic heterocycles. The molecule has 0 aliphatic heterocycles. The number of benzene rings is 2. The summed E-state index contributed by atoms with van der Waals surface area (Å²) in [5.41, 5.74) is 1.28. The fourth-order valence-corrected chi connectivity index (χ4v) is 5.32. The summed E-state index contributed by atoms with van der Waals surface area (Å²) in [5.74, 6) is -0.479. The summed E-state index contributed by atoms with van der Waals surface area (Å²) < 4.78 is 53.6. The Hall–Kier alpha value is -2.27. The van der Waals surface area contributed by atoms with Crippen molar-refractivity contribution in [3.05, 3.63) is 59.2 Å². The Bertz CT molecular complexity index is 1170. The molecule has 8 nitrogen and oxygen atoms in total. The Labute approximate surface area is 177 Å². The van der Waals surface area contributed by atoms with E-state index in [9.17, 15) is 21.6 Å². The van der Waals surface area contributed by atoms with Crippen molar-refractivity contribution in [3.8, 4) is 0 Å². The predicted octanol–water partition coefficient (Wildman–Crippen LogP) is 1.62. The SMILES string of the molecule is Cc1ccc(S(=O)(=O)NC2CC2)cc1C(=O)NCc1ccccc1S(=O)(=O)N(C)C. The summed E-state index contributed by atoms with van der Waals surface area (Å²) in [5, 5.41) is 2.70. The molecule has 1 aliphatic carbocycles. The van der Waals surface area contributed by atoms with Gasteiger partial charge in [-0.3, -0.25) is 4.79 Å². The summed E-state index contributed by atoms with van der Waals surface area (Å²) in [6.07, 6.45) is 1.63. The second kappa shape index (κ2) is 8.46. The van der Waals surface area contributed by atoms with E-state index in [-0.39, 0.29) is 27.9 Å². The highest BCUT2D eigenvalue weighted by molar-refractivity contribution is 7.89. The van der Waals surface area contributed by atoms with Crippen molar-refractivity contribution in [2.24, 2.45) is 0 Å². The van der Waals surface area contributed by atoms with Crippen LogP contribution >= 0.6 is 0 Å². The molecule has 1 saturated carbocycles. The van der Waals surface area contributed by atoms with E-state index in [2.05, 4.69) is 10.0 Å². The zero-order chi connectivity index (χ0) is 22.1. The lowest BCUT2D eigenvalue weighted by Crippen LogP contribution is -2.28. The minimum absolute atomic E-state index is 0.0151. The number of nitrogens with zero attached hydrogens (tertiary/aromatic N) is 1. The maximum atomic E-state index is 12.8. The maximum Gasteiger partial charge on any atom is 0.251 e. The zero-order valence-corrected chi connectivity index (χ0v) is 18.7. The van der Waals surface area contributed by atoms with E-state index in [1.54, 1.807) is 31.2 Å². The van der Waals surface area contributed by atoms with E-state index in [1.807, 2.05) is 0 Å². The molecular weight excluding hydrogens is 426 g/mol. The average Bonchev–Trinajstić information content (AvgIpc) is 3.49. The van der Waals surface area contributed by atoms with Gasteiger partial charge < -0.3 is 5.32 Å². The number of aryl methyl sites for hydroxylation is 1. The Kier molecular flexibility index (Phi) is 6.32. The van der Waals surface area contributed by atoms with Gasteiger partial charge in [0.15, 0.2) is 0 Å². The second-order valence-electron chi connectivity index (χ2n) is 7.45. The fraction of sp³-hybridized carbons (Fsp3) is 0.350. The number of amides is 1. The minimum atomic E-state index is -3.69. The van der Waals surface area contributed by atoms with Crippen LogP contribution in [0.5, 0.6) is 0 Å². The molecular formula is C20H25N3O5S2. The first-order valence-electron chi connectivity index (χ1n) is 9.44. The van der Waals surface area contributed by atoms with Crippen LogP contribution in [0.4, 0.5) is 0 Å². The van der Waals surface area contributed by atoms with Gasteiger partial charge in [-0.2, -0.15) is 0 Å². The smallest absolute Gasteiger partial charge is 0.251 e. The third-order valence-corrected chi connectivity index (χ3v) is 8.27. The molecule has 2 N–H and O–H groups in total. The lowest BCUT2D eigenvalue weighted by atomic mass is 10.1. The topological polar surface area (TPSA) is 113 Å². The normalized spacial score (nSPS) is 14.7. The summed E-state index contributed by atoms with van der Waals surface area (Å²) in [4.78, 5) is 12.9. The van der Waals surface area contributed by atoms with Crippen LogP contribution < -0.4 is 10.0 Å². The molecule has 1 aliphatic rings. The van der Waals surface area contributed by atoms with Crippen molar-refractivity contribution in [1.82, 2.24) is 14.3 Å². The number of sulfonamides is 2. The lowest BCUT2D eigenvalue weighted by Gasteiger charge is -2.16. The van der Waals surface area contributed by atoms with Gasteiger partial charge in [0, 0.05) is 32.2 Å². The second-order valence-corrected chi connectivity index (χ2v) is 11.3. The fourth-order valence-electron chi connectivity index (χ4n) is 2.87. The summed E-state index contributed by atoms with van der Waals surface area (Å²) in [6.45, 7) is 1.70. The Balaban J connectivity index is 1.82. The van der Waals surface area contributed by atoms with Crippen LogP contribution in [-0.2, 0) is 26.6 Å². The van der Waals surface area contributed by atoms with Crippen molar-refractivity contribution in [2.45, 2.75) is 42.1 Å². The number of carbonyl (C=O) groups excluding carboxylic acids is 1. The van der Waals surface area contributed by atoms with Gasteiger partial charge in [0.05, 0.1) is 9.79 Å². The van der Waals surface area contributed by atoms with Crippen LogP contribution in [0.3, 0.4) is 0 Å². The Morgan fingerprint density at radius 3 is 2.37 bits per heavy atom. The van der Waals surface area contributed by atoms with E-state index < -0.39 is 26.0 Å². The Morgan fingerprint density at radius 2 is 1.73 bits per heavy atom. The maximum absolute atomic E-state index is 12.8. The molecule has 0 saturated heterocycles. The quantitative estimate of drug-likeness (QED) is 0.633. The van der Waals surface area contributed by atoms with Crippen LogP contribution in [0.1, 0.15) is 34.3 Å². The molecule has 2 aromatic rings. The van der Waals surface area contributed by atoms with Gasteiger partial charge >= 0.3 is 0 Å². The standard InChI is InChI=1S/C20H25N3O5S2/c1-14-8-11-17(29(25,26)22-16-9-10-16)12-18(14)20(24)21-13-15-6-4-5-7-19(15)30(27,28)23(2)3/h4-8,11-12,16,22H,9-10,13H2,1-3H3,(H,21,24). The molecule has 30 heavy (non-hydrogen) atoms. The van der Waals surface area contributed by atoms with Crippen LogP contribution in [0.25, 0.3) is 0 Å². The largest absolute Gasteiger partial charge is 0.348 e. The molecule has 0 bridgehead atoms. The van der Waals surface area contributed by atoms with Crippen LogP contribution in [-0.4, -0.2) is 47.2 Å². The third kappa shape index (κ3) is 4.89. The molecule has 10 heteroatoms. The molecule has 0 atom stereocenters. The highest BCUT2D eigenvalue weighted by atomic mass is 32.2. The van der Waals surface area contributed by atoms with Gasteiger partial charge in [0.1, 0.15) is 0 Å². The van der Waals surface area contributed by atoms with Gasteiger partial charge in [-0.05, 0) is 49.1 Å². The molecule has 3 rings (SSSR count). The number of nitrogens with one attached hydrogen (secondary N) is 2. The minimum Gasteiger partial charge on any atom is -0.348 e. The van der Waals surface area contributed by atoms with Crippen molar-refractivity contribution in [1.29, 1.82) is 0 Å². The Morgan fingerprint density at radius 1 is 1.07 bits per heavy atom. The van der Waals surface area contributed by atoms with E-state index in [0.29, 0.717) is 11.1 Å². The number of carbonyl (C=O) groups is 1. The first kappa shape index (κ1) is 22.4. The molecule has 0 unspecified atom stereocenters.